The van der Waals surface area contributed by atoms with E-state index in [1.165, 1.54) is 18.4 Å². The lowest BCUT2D eigenvalue weighted by molar-refractivity contribution is -0.121. The summed E-state index contributed by atoms with van der Waals surface area (Å²) >= 11 is 0. The minimum absolute atomic E-state index is 0.00495. The first-order valence-corrected chi connectivity index (χ1v) is 11.7. The number of nitrogens with zero attached hydrogens (tertiary/aromatic N) is 3. The summed E-state index contributed by atoms with van der Waals surface area (Å²) in [6.45, 7) is 5.08. The number of likely N-dealkylation sites (tertiary alicyclic amines) is 1. The zero-order valence-electron chi connectivity index (χ0n) is 19.4. The van der Waals surface area contributed by atoms with Crippen LogP contribution in [-0.2, 0) is 11.3 Å². The quantitative estimate of drug-likeness (QED) is 0.543. The van der Waals surface area contributed by atoms with Crippen molar-refractivity contribution in [2.45, 2.75) is 45.2 Å². The van der Waals surface area contributed by atoms with Crippen LogP contribution in [0.1, 0.15) is 42.9 Å². The highest BCUT2D eigenvalue weighted by atomic mass is 16.5. The Morgan fingerprint density at radius 2 is 1.91 bits per heavy atom. The lowest BCUT2D eigenvalue weighted by Gasteiger charge is -2.28. The second-order valence-corrected chi connectivity index (χ2v) is 8.65. The molecule has 1 aromatic heterocycles. The number of nitrogens with one attached hydrogen (secondary N) is 1. The van der Waals surface area contributed by atoms with Gasteiger partial charge in [0.05, 0.1) is 30.4 Å². The first-order chi connectivity index (χ1) is 16.1. The van der Waals surface area contributed by atoms with Gasteiger partial charge in [0, 0.05) is 19.5 Å². The summed E-state index contributed by atoms with van der Waals surface area (Å²) in [5.41, 5.74) is 2.85. The molecule has 1 N–H and O–H groups in total. The zero-order valence-corrected chi connectivity index (χ0v) is 19.4. The summed E-state index contributed by atoms with van der Waals surface area (Å²) in [5.74, 6) is 0.835. The number of para-hydroxylation sites is 1. The van der Waals surface area contributed by atoms with Crippen molar-refractivity contribution >= 4 is 16.8 Å². The predicted octanol–water partition coefficient (Wildman–Crippen LogP) is 3.45. The second kappa shape index (κ2) is 10.6. The number of fused-ring (bicyclic) bond motifs is 1. The lowest BCUT2D eigenvalue weighted by atomic mass is 10.1. The highest BCUT2D eigenvalue weighted by Crippen LogP contribution is 2.26. The van der Waals surface area contributed by atoms with Crippen molar-refractivity contribution in [3.8, 4) is 5.75 Å². The molecule has 2 aromatic carbocycles. The molecule has 0 spiro atoms. The van der Waals surface area contributed by atoms with Crippen molar-refractivity contribution < 1.29 is 9.53 Å². The lowest BCUT2D eigenvalue weighted by Crippen LogP contribution is -2.36. The normalized spacial score (nSPS) is 15.0. The van der Waals surface area contributed by atoms with Crippen molar-refractivity contribution in [2.75, 3.05) is 26.7 Å². The minimum Gasteiger partial charge on any atom is -0.497 e. The molecule has 0 unspecified atom stereocenters. The number of hydrogen-bond acceptors (Lipinski definition) is 5. The molecule has 1 fully saturated rings. The van der Waals surface area contributed by atoms with Crippen LogP contribution in [0.4, 0.5) is 0 Å². The summed E-state index contributed by atoms with van der Waals surface area (Å²) in [7, 11) is 1.66. The van der Waals surface area contributed by atoms with Crippen LogP contribution < -0.4 is 15.6 Å². The molecule has 2 heterocycles. The van der Waals surface area contributed by atoms with Gasteiger partial charge in [0.25, 0.3) is 5.56 Å². The molecule has 0 radical (unpaired) electrons. The summed E-state index contributed by atoms with van der Waals surface area (Å²) in [6.07, 6.45) is 4.92. The van der Waals surface area contributed by atoms with E-state index in [9.17, 15) is 9.59 Å². The first kappa shape index (κ1) is 23.0. The number of aryl methyl sites for hydroxylation is 2. The Balaban J connectivity index is 1.33. The van der Waals surface area contributed by atoms with Gasteiger partial charge in [0.2, 0.25) is 5.91 Å². The highest BCUT2D eigenvalue weighted by molar-refractivity contribution is 5.80. The summed E-state index contributed by atoms with van der Waals surface area (Å²) in [4.78, 5) is 32.2. The fourth-order valence-corrected chi connectivity index (χ4v) is 4.54. The Kier molecular flexibility index (Phi) is 7.40. The minimum atomic E-state index is -0.0577. The van der Waals surface area contributed by atoms with E-state index in [0.29, 0.717) is 31.3 Å². The van der Waals surface area contributed by atoms with Crippen LogP contribution in [0, 0.1) is 6.92 Å². The monoisotopic (exact) mass is 448 g/mol. The van der Waals surface area contributed by atoms with E-state index in [0.717, 1.165) is 29.9 Å². The van der Waals surface area contributed by atoms with E-state index in [1.807, 2.05) is 31.2 Å². The number of hydrogen-bond donors (Lipinski definition) is 1. The molecular weight excluding hydrogens is 416 g/mol. The summed E-state index contributed by atoms with van der Waals surface area (Å²) in [6, 6.07) is 13.9. The molecule has 1 amide bonds. The third-order valence-corrected chi connectivity index (χ3v) is 6.43. The van der Waals surface area contributed by atoms with Gasteiger partial charge in [0.1, 0.15) is 5.75 Å². The largest absolute Gasteiger partial charge is 0.497 e. The Morgan fingerprint density at radius 1 is 1.15 bits per heavy atom. The second-order valence-electron chi connectivity index (χ2n) is 8.65. The number of benzene rings is 2. The van der Waals surface area contributed by atoms with E-state index in [2.05, 4.69) is 27.3 Å². The number of rotatable bonds is 9. The molecule has 33 heavy (non-hydrogen) atoms. The van der Waals surface area contributed by atoms with Gasteiger partial charge >= 0.3 is 0 Å². The molecular formula is C26H32N4O3. The molecule has 0 bridgehead atoms. The predicted molar refractivity (Wildman–Crippen MR) is 130 cm³/mol. The van der Waals surface area contributed by atoms with Crippen molar-refractivity contribution in [3.63, 3.8) is 0 Å². The molecule has 0 saturated carbocycles. The van der Waals surface area contributed by atoms with Gasteiger partial charge in [-0.15, -0.1) is 0 Å². The van der Waals surface area contributed by atoms with E-state index < -0.39 is 0 Å². The fraction of sp³-hybridized carbons (Fsp3) is 0.423. The number of ether oxygens (including phenoxy) is 1. The highest BCUT2D eigenvalue weighted by Gasteiger charge is 2.24. The van der Waals surface area contributed by atoms with Crippen LogP contribution in [0.3, 0.4) is 0 Å². The molecule has 7 heteroatoms. The van der Waals surface area contributed by atoms with Crippen LogP contribution in [0.15, 0.2) is 53.6 Å². The van der Waals surface area contributed by atoms with Crippen LogP contribution in [0.5, 0.6) is 5.75 Å². The number of carbonyl (C=O) groups excluding carboxylic acids is 1. The molecule has 1 saturated heterocycles. The zero-order chi connectivity index (χ0) is 23.2. The third-order valence-electron chi connectivity index (χ3n) is 6.43. The molecule has 174 valence electrons. The SMILES string of the molecule is COc1ccc([C@@H](CNC(=O)CCCn2cnc3c(C)cccc3c2=O)N2CCCC2)cc1. The Morgan fingerprint density at radius 3 is 2.64 bits per heavy atom. The van der Waals surface area contributed by atoms with E-state index in [1.54, 1.807) is 24.1 Å². The maximum Gasteiger partial charge on any atom is 0.261 e. The van der Waals surface area contributed by atoms with Gasteiger partial charge in [0.15, 0.2) is 0 Å². The van der Waals surface area contributed by atoms with Crippen molar-refractivity contribution in [3.05, 3.63) is 70.3 Å². The smallest absolute Gasteiger partial charge is 0.261 e. The van der Waals surface area contributed by atoms with Crippen molar-refractivity contribution in [1.82, 2.24) is 19.8 Å². The molecule has 7 nitrogen and oxygen atoms in total. The van der Waals surface area contributed by atoms with E-state index in [-0.39, 0.29) is 17.5 Å². The Labute approximate surface area is 194 Å². The summed E-state index contributed by atoms with van der Waals surface area (Å²) < 4.78 is 6.88. The first-order valence-electron chi connectivity index (χ1n) is 11.7. The van der Waals surface area contributed by atoms with Gasteiger partial charge < -0.3 is 10.1 Å². The van der Waals surface area contributed by atoms with Gasteiger partial charge in [-0.25, -0.2) is 4.98 Å². The van der Waals surface area contributed by atoms with E-state index >= 15 is 0 Å². The van der Waals surface area contributed by atoms with Gasteiger partial charge in [-0.1, -0.05) is 24.3 Å². The molecule has 3 aromatic rings. The van der Waals surface area contributed by atoms with Crippen LogP contribution >= 0.6 is 0 Å². The average molecular weight is 449 g/mol. The van der Waals surface area contributed by atoms with Crippen LogP contribution in [-0.4, -0.2) is 47.1 Å². The molecule has 0 aliphatic carbocycles. The van der Waals surface area contributed by atoms with Crippen LogP contribution in [0.2, 0.25) is 0 Å². The number of amides is 1. The topological polar surface area (TPSA) is 76.5 Å². The maximum absolute atomic E-state index is 12.7. The number of aromatic nitrogens is 2. The van der Waals surface area contributed by atoms with Gasteiger partial charge in [-0.2, -0.15) is 0 Å². The molecule has 1 aliphatic heterocycles. The van der Waals surface area contributed by atoms with Gasteiger partial charge in [-0.05, 0) is 68.6 Å². The maximum atomic E-state index is 12.7. The number of methoxy groups -OCH3 is 1. The van der Waals surface area contributed by atoms with Crippen LogP contribution in [0.25, 0.3) is 10.9 Å². The third kappa shape index (κ3) is 5.42. The molecule has 4 rings (SSSR count). The Hall–Kier alpha value is -3.19. The molecule has 1 atom stereocenters. The van der Waals surface area contributed by atoms with Gasteiger partial charge in [-0.3, -0.25) is 19.1 Å². The standard InChI is InChI=1S/C26H32N4O3/c1-19-7-5-8-22-25(19)28-18-30(26(22)32)16-6-9-24(31)27-17-23(29-14-3-4-15-29)20-10-12-21(33-2)13-11-20/h5,7-8,10-13,18,23H,3-4,6,9,14-17H2,1-2H3,(H,27,31)/t23-/m1/s1. The summed E-state index contributed by atoms with van der Waals surface area (Å²) in [5, 5.41) is 3.73. The Bertz CT molecular complexity index is 1150. The number of carbonyl (C=O) groups is 1. The van der Waals surface area contributed by atoms with Crippen molar-refractivity contribution in [1.29, 1.82) is 0 Å². The average Bonchev–Trinajstić information content (AvgIpc) is 3.36. The van der Waals surface area contributed by atoms with Crippen molar-refractivity contribution in [2.24, 2.45) is 0 Å². The van der Waals surface area contributed by atoms with E-state index in [4.69, 9.17) is 4.74 Å². The molecule has 1 aliphatic rings. The fourth-order valence-electron chi connectivity index (χ4n) is 4.54.